The van der Waals surface area contributed by atoms with Crippen LogP contribution in [0.5, 0.6) is 0 Å². The van der Waals surface area contributed by atoms with E-state index in [4.69, 9.17) is 4.74 Å². The van der Waals surface area contributed by atoms with E-state index in [1.807, 2.05) is 30.3 Å². The molecule has 2 rings (SSSR count). The van der Waals surface area contributed by atoms with Gasteiger partial charge in [0.25, 0.3) is 0 Å². The molecular weight excluding hydrogens is 349 g/mol. The molecular formula is C21H24FNO4. The summed E-state index contributed by atoms with van der Waals surface area (Å²) in [7, 11) is 0. The quantitative estimate of drug-likeness (QED) is 0.627. The fourth-order valence-corrected chi connectivity index (χ4v) is 2.65. The maximum atomic E-state index is 13.1. The highest BCUT2D eigenvalue weighted by atomic mass is 19.1. The van der Waals surface area contributed by atoms with Crippen LogP contribution in [0.2, 0.25) is 0 Å². The Kier molecular flexibility index (Phi) is 7.49. The van der Waals surface area contributed by atoms with Crippen LogP contribution < -0.4 is 5.32 Å². The topological polar surface area (TPSA) is 75.6 Å². The maximum Gasteiger partial charge on any atom is 0.333 e. The van der Waals surface area contributed by atoms with E-state index in [2.05, 4.69) is 5.32 Å². The lowest BCUT2D eigenvalue weighted by molar-refractivity contribution is -0.147. The summed E-state index contributed by atoms with van der Waals surface area (Å²) < 4.78 is 18.6. The molecule has 0 aliphatic heterocycles. The van der Waals surface area contributed by atoms with E-state index in [-0.39, 0.29) is 6.42 Å². The first-order valence-electron chi connectivity index (χ1n) is 8.84. The van der Waals surface area contributed by atoms with Crippen molar-refractivity contribution in [1.29, 1.82) is 0 Å². The van der Waals surface area contributed by atoms with Gasteiger partial charge in [-0.25, -0.2) is 9.18 Å². The molecule has 2 aromatic rings. The lowest BCUT2D eigenvalue weighted by Crippen LogP contribution is -2.49. The predicted octanol–water partition coefficient (Wildman–Crippen LogP) is 3.28. The Balaban J connectivity index is 1.76. The highest BCUT2D eigenvalue weighted by molar-refractivity contribution is 5.87. The van der Waals surface area contributed by atoms with Crippen molar-refractivity contribution in [1.82, 2.24) is 5.32 Å². The molecule has 0 aliphatic carbocycles. The Labute approximate surface area is 158 Å². The molecule has 0 aromatic heterocycles. The van der Waals surface area contributed by atoms with Crippen LogP contribution in [-0.4, -0.2) is 30.2 Å². The highest BCUT2D eigenvalue weighted by Gasteiger charge is 2.36. The van der Waals surface area contributed by atoms with Crippen LogP contribution in [0, 0.1) is 5.82 Å². The van der Waals surface area contributed by atoms with Crippen LogP contribution in [-0.2, 0) is 26.3 Å². The molecule has 1 unspecified atom stereocenters. The van der Waals surface area contributed by atoms with Gasteiger partial charge in [-0.3, -0.25) is 4.79 Å². The van der Waals surface area contributed by atoms with Crippen molar-refractivity contribution >= 4 is 11.9 Å². The third-order valence-corrected chi connectivity index (χ3v) is 4.31. The summed E-state index contributed by atoms with van der Waals surface area (Å²) in [6.45, 7) is 2.37. The summed E-state index contributed by atoms with van der Waals surface area (Å²) in [6.07, 6.45) is 1.43. The molecule has 5 nitrogen and oxygen atoms in total. The monoisotopic (exact) mass is 373 g/mol. The number of ether oxygens (including phenoxy) is 1. The number of rotatable bonds is 10. The summed E-state index contributed by atoms with van der Waals surface area (Å²) in [6, 6.07) is 15.0. The molecule has 0 heterocycles. The number of carbonyl (C=O) groups is 2. The number of hydrogen-bond acceptors (Lipinski definition) is 3. The van der Waals surface area contributed by atoms with Crippen LogP contribution in [0.3, 0.4) is 0 Å². The minimum atomic E-state index is -1.61. The molecule has 0 bridgehead atoms. The van der Waals surface area contributed by atoms with Gasteiger partial charge < -0.3 is 15.2 Å². The van der Waals surface area contributed by atoms with Gasteiger partial charge in [-0.15, -0.1) is 0 Å². The van der Waals surface area contributed by atoms with E-state index in [1.54, 1.807) is 0 Å². The van der Waals surface area contributed by atoms with Crippen molar-refractivity contribution in [3.8, 4) is 0 Å². The molecule has 0 aliphatic rings. The first kappa shape index (κ1) is 20.6. The van der Waals surface area contributed by atoms with Gasteiger partial charge in [0.05, 0.1) is 6.61 Å². The average Bonchev–Trinajstić information content (AvgIpc) is 2.65. The zero-order chi connectivity index (χ0) is 19.7. The van der Waals surface area contributed by atoms with Gasteiger partial charge in [-0.1, -0.05) is 42.5 Å². The summed E-state index contributed by atoms with van der Waals surface area (Å²) in [4.78, 5) is 23.8. The number of halogens is 1. The molecule has 0 spiro atoms. The Morgan fingerprint density at radius 3 is 2.37 bits per heavy atom. The molecule has 0 saturated heterocycles. The Morgan fingerprint density at radius 2 is 1.74 bits per heavy atom. The van der Waals surface area contributed by atoms with Gasteiger partial charge in [-0.05, 0) is 43.0 Å². The van der Waals surface area contributed by atoms with Crippen LogP contribution in [0.1, 0.15) is 30.9 Å². The van der Waals surface area contributed by atoms with Gasteiger partial charge in [-0.2, -0.15) is 0 Å². The fraction of sp³-hybridized carbons (Fsp3) is 0.333. The standard InChI is InChI=1S/C21H24FNO4/c1-21(20(25)26,17-9-11-18(22)12-10-17)23-19(24)8-5-14-27-15-13-16-6-3-2-4-7-16/h2-4,6-7,9-12H,5,8,13-15H2,1H3,(H,23,24)(H,25,26). The molecule has 6 heteroatoms. The molecule has 2 aromatic carbocycles. The first-order chi connectivity index (χ1) is 12.9. The minimum Gasteiger partial charge on any atom is -0.479 e. The number of benzene rings is 2. The van der Waals surface area contributed by atoms with Crippen LogP contribution in [0.15, 0.2) is 54.6 Å². The van der Waals surface area contributed by atoms with Crippen molar-refractivity contribution in [2.24, 2.45) is 0 Å². The Bertz CT molecular complexity index is 749. The van der Waals surface area contributed by atoms with Crippen molar-refractivity contribution in [3.63, 3.8) is 0 Å². The second-order valence-electron chi connectivity index (χ2n) is 6.44. The van der Waals surface area contributed by atoms with Gasteiger partial charge in [0.15, 0.2) is 5.54 Å². The fourth-order valence-electron chi connectivity index (χ4n) is 2.65. The van der Waals surface area contributed by atoms with Crippen molar-refractivity contribution in [3.05, 3.63) is 71.5 Å². The summed E-state index contributed by atoms with van der Waals surface area (Å²) in [5, 5.41) is 12.0. The lowest BCUT2D eigenvalue weighted by atomic mass is 9.91. The smallest absolute Gasteiger partial charge is 0.333 e. The normalized spacial score (nSPS) is 13.0. The molecule has 0 fully saturated rings. The number of amides is 1. The van der Waals surface area contributed by atoms with E-state index in [0.717, 1.165) is 6.42 Å². The van der Waals surface area contributed by atoms with Crippen LogP contribution >= 0.6 is 0 Å². The number of carbonyl (C=O) groups excluding carboxylic acids is 1. The summed E-state index contributed by atoms with van der Waals surface area (Å²) in [5.74, 6) is -2.07. The molecule has 144 valence electrons. The van der Waals surface area contributed by atoms with Crippen LogP contribution in [0.25, 0.3) is 0 Å². The van der Waals surface area contributed by atoms with Gasteiger partial charge in [0, 0.05) is 13.0 Å². The summed E-state index contributed by atoms with van der Waals surface area (Å²) in [5.41, 5.74) is -0.116. The molecule has 0 radical (unpaired) electrons. The second-order valence-corrected chi connectivity index (χ2v) is 6.44. The molecule has 1 amide bonds. The third kappa shape index (κ3) is 6.18. The lowest BCUT2D eigenvalue weighted by Gasteiger charge is -2.26. The second kappa shape index (κ2) is 9.83. The number of carboxylic acids is 1. The molecule has 0 saturated carbocycles. The first-order valence-corrected chi connectivity index (χ1v) is 8.84. The highest BCUT2D eigenvalue weighted by Crippen LogP contribution is 2.22. The van der Waals surface area contributed by atoms with Gasteiger partial charge in [0.2, 0.25) is 5.91 Å². The molecule has 1 atom stereocenters. The molecule has 2 N–H and O–H groups in total. The largest absolute Gasteiger partial charge is 0.479 e. The third-order valence-electron chi connectivity index (χ3n) is 4.31. The number of nitrogens with one attached hydrogen (secondary N) is 1. The van der Waals surface area contributed by atoms with E-state index >= 15 is 0 Å². The maximum absolute atomic E-state index is 13.1. The van der Waals surface area contributed by atoms with Crippen molar-refractivity contribution < 1.29 is 23.8 Å². The average molecular weight is 373 g/mol. The van der Waals surface area contributed by atoms with Crippen molar-refractivity contribution in [2.75, 3.05) is 13.2 Å². The van der Waals surface area contributed by atoms with E-state index in [0.29, 0.717) is 25.2 Å². The van der Waals surface area contributed by atoms with E-state index in [1.165, 1.54) is 36.8 Å². The van der Waals surface area contributed by atoms with E-state index in [9.17, 15) is 19.1 Å². The minimum absolute atomic E-state index is 0.148. The summed E-state index contributed by atoms with van der Waals surface area (Å²) >= 11 is 0. The van der Waals surface area contributed by atoms with Crippen LogP contribution in [0.4, 0.5) is 4.39 Å². The Morgan fingerprint density at radius 1 is 1.07 bits per heavy atom. The number of carboxylic acid groups (broad SMARTS) is 1. The SMILES string of the molecule is CC(NC(=O)CCCOCCc1ccccc1)(C(=O)O)c1ccc(F)cc1. The van der Waals surface area contributed by atoms with Gasteiger partial charge >= 0.3 is 5.97 Å². The van der Waals surface area contributed by atoms with E-state index < -0.39 is 23.2 Å². The predicted molar refractivity (Wildman–Crippen MR) is 99.7 cm³/mol. The molecule has 27 heavy (non-hydrogen) atoms. The van der Waals surface area contributed by atoms with Gasteiger partial charge in [0.1, 0.15) is 5.82 Å². The van der Waals surface area contributed by atoms with Crippen molar-refractivity contribution in [2.45, 2.75) is 31.7 Å². The zero-order valence-corrected chi connectivity index (χ0v) is 15.3. The number of hydrogen-bond donors (Lipinski definition) is 2. The number of aliphatic carboxylic acids is 1. The zero-order valence-electron chi connectivity index (χ0n) is 15.3. The Hall–Kier alpha value is -2.73.